The van der Waals surface area contributed by atoms with Gasteiger partial charge in [-0.3, -0.25) is 10.1 Å². The van der Waals surface area contributed by atoms with Crippen molar-refractivity contribution in [3.63, 3.8) is 0 Å². The molecule has 1 aliphatic heterocycles. The fraction of sp³-hybridized carbons (Fsp3) is 0.167. The number of nitrogens with one attached hydrogen (secondary N) is 1. The number of para-hydroxylation sites is 2. The summed E-state index contributed by atoms with van der Waals surface area (Å²) >= 11 is 8.98. The molecule has 1 aromatic heterocycles. The predicted molar refractivity (Wildman–Crippen MR) is 106 cm³/mol. The zero-order valence-electron chi connectivity index (χ0n) is 13.9. The van der Waals surface area contributed by atoms with E-state index < -0.39 is 6.10 Å². The van der Waals surface area contributed by atoms with Crippen LogP contribution >= 0.6 is 34.7 Å². The van der Waals surface area contributed by atoms with Gasteiger partial charge in [0.2, 0.25) is 11.2 Å². The van der Waals surface area contributed by atoms with Gasteiger partial charge >= 0.3 is 0 Å². The molecule has 0 saturated heterocycles. The zero-order chi connectivity index (χ0) is 18.6. The number of aromatic nitrogens is 2. The molecule has 0 spiro atoms. The summed E-state index contributed by atoms with van der Waals surface area (Å²) in [6, 6.07) is 14.9. The average Bonchev–Trinajstić information content (AvgIpc) is 3.14. The van der Waals surface area contributed by atoms with E-state index in [0.29, 0.717) is 22.4 Å². The van der Waals surface area contributed by atoms with Crippen molar-refractivity contribution in [2.24, 2.45) is 0 Å². The van der Waals surface area contributed by atoms with Gasteiger partial charge in [0, 0.05) is 10.8 Å². The highest BCUT2D eigenvalue weighted by molar-refractivity contribution is 8.00. The van der Waals surface area contributed by atoms with Crippen molar-refractivity contribution in [1.82, 2.24) is 10.2 Å². The lowest BCUT2D eigenvalue weighted by Crippen LogP contribution is -2.40. The quantitative estimate of drug-likeness (QED) is 0.492. The lowest BCUT2D eigenvalue weighted by atomic mass is 10.2. The molecule has 0 unspecified atom stereocenters. The monoisotopic (exact) mass is 419 g/mol. The van der Waals surface area contributed by atoms with Crippen LogP contribution in [0.1, 0.15) is 5.56 Å². The molecule has 6 nitrogen and oxygen atoms in total. The van der Waals surface area contributed by atoms with Gasteiger partial charge in [0.1, 0.15) is 6.61 Å². The second-order valence-electron chi connectivity index (χ2n) is 5.61. The van der Waals surface area contributed by atoms with Crippen LogP contribution in [0.4, 0.5) is 5.13 Å². The summed E-state index contributed by atoms with van der Waals surface area (Å²) in [5, 5.41) is 12.0. The molecular weight excluding hydrogens is 406 g/mol. The van der Waals surface area contributed by atoms with Gasteiger partial charge in [-0.15, -0.1) is 10.2 Å². The molecule has 27 heavy (non-hydrogen) atoms. The number of amides is 1. The molecule has 1 atom stereocenters. The number of fused-ring (bicyclic) bond motifs is 1. The summed E-state index contributed by atoms with van der Waals surface area (Å²) in [5.74, 6) is 1.55. The van der Waals surface area contributed by atoms with Gasteiger partial charge in [0.05, 0.1) is 0 Å². The highest BCUT2D eigenvalue weighted by Crippen LogP contribution is 2.32. The number of carbonyl (C=O) groups excluding carboxylic acids is 1. The van der Waals surface area contributed by atoms with E-state index in [0.717, 1.165) is 14.9 Å². The summed E-state index contributed by atoms with van der Waals surface area (Å²) in [6.45, 7) is 0.149. The Hall–Kier alpha value is -2.29. The Bertz CT molecular complexity index is 966. The first kappa shape index (κ1) is 18.1. The number of hydrogen-bond acceptors (Lipinski definition) is 7. The summed E-state index contributed by atoms with van der Waals surface area (Å²) in [5.41, 5.74) is 1.02. The largest absolute Gasteiger partial charge is 0.485 e. The molecular formula is C18H14ClN3O3S2. The number of carbonyl (C=O) groups is 1. The van der Waals surface area contributed by atoms with Gasteiger partial charge in [-0.1, -0.05) is 65.0 Å². The number of ether oxygens (including phenoxy) is 2. The number of benzene rings is 2. The van der Waals surface area contributed by atoms with E-state index in [1.165, 1.54) is 23.1 Å². The van der Waals surface area contributed by atoms with Gasteiger partial charge in [-0.05, 0) is 23.8 Å². The molecule has 0 saturated carbocycles. The summed E-state index contributed by atoms with van der Waals surface area (Å²) in [6.07, 6.45) is -0.733. The Morgan fingerprint density at radius 1 is 1.19 bits per heavy atom. The highest BCUT2D eigenvalue weighted by atomic mass is 35.5. The van der Waals surface area contributed by atoms with Crippen LogP contribution in [0, 0.1) is 0 Å². The Kier molecular flexibility index (Phi) is 5.47. The molecule has 9 heteroatoms. The maximum Gasteiger partial charge on any atom is 0.270 e. The molecule has 0 fully saturated rings. The third-order valence-electron chi connectivity index (χ3n) is 3.75. The fourth-order valence-electron chi connectivity index (χ4n) is 2.41. The zero-order valence-corrected chi connectivity index (χ0v) is 16.3. The summed E-state index contributed by atoms with van der Waals surface area (Å²) in [7, 11) is 0. The van der Waals surface area contributed by atoms with Crippen LogP contribution in [-0.4, -0.2) is 28.8 Å². The third kappa shape index (κ3) is 4.35. The van der Waals surface area contributed by atoms with Gasteiger partial charge in [-0.25, -0.2) is 0 Å². The van der Waals surface area contributed by atoms with Crippen molar-refractivity contribution < 1.29 is 14.3 Å². The Morgan fingerprint density at radius 2 is 1.96 bits per heavy atom. The minimum absolute atomic E-state index is 0.149. The molecule has 0 aliphatic carbocycles. The number of anilines is 1. The molecule has 138 valence electrons. The summed E-state index contributed by atoms with van der Waals surface area (Å²) < 4.78 is 12.0. The van der Waals surface area contributed by atoms with Crippen molar-refractivity contribution in [3.8, 4) is 11.5 Å². The van der Waals surface area contributed by atoms with Crippen LogP contribution in [0.5, 0.6) is 11.5 Å². The van der Waals surface area contributed by atoms with Crippen molar-refractivity contribution in [2.45, 2.75) is 16.2 Å². The van der Waals surface area contributed by atoms with E-state index in [9.17, 15) is 4.79 Å². The minimum Gasteiger partial charge on any atom is -0.485 e. The molecule has 4 rings (SSSR count). The Morgan fingerprint density at radius 3 is 2.81 bits per heavy atom. The van der Waals surface area contributed by atoms with Crippen LogP contribution in [0.25, 0.3) is 0 Å². The lowest BCUT2D eigenvalue weighted by molar-refractivity contribution is -0.125. The van der Waals surface area contributed by atoms with Crippen molar-refractivity contribution in [1.29, 1.82) is 0 Å². The molecule has 0 radical (unpaired) electrons. The van der Waals surface area contributed by atoms with E-state index in [2.05, 4.69) is 15.5 Å². The lowest BCUT2D eigenvalue weighted by Gasteiger charge is -2.25. The third-order valence-corrected chi connectivity index (χ3v) is 6.14. The normalized spacial score (nSPS) is 15.4. The summed E-state index contributed by atoms with van der Waals surface area (Å²) in [4.78, 5) is 12.4. The molecule has 1 N–H and O–H groups in total. The van der Waals surface area contributed by atoms with Crippen molar-refractivity contribution in [2.75, 3.05) is 11.9 Å². The number of thioether (sulfide) groups is 1. The number of nitrogens with zero attached hydrogens (tertiary/aromatic N) is 2. The van der Waals surface area contributed by atoms with Crippen LogP contribution < -0.4 is 14.8 Å². The van der Waals surface area contributed by atoms with Crippen LogP contribution in [0.3, 0.4) is 0 Å². The van der Waals surface area contributed by atoms with E-state index in [4.69, 9.17) is 21.1 Å². The smallest absolute Gasteiger partial charge is 0.270 e. The molecule has 2 aromatic carbocycles. The highest BCUT2D eigenvalue weighted by Gasteiger charge is 2.28. The van der Waals surface area contributed by atoms with E-state index in [1.54, 1.807) is 12.1 Å². The number of rotatable bonds is 5. The number of hydrogen-bond donors (Lipinski definition) is 1. The molecule has 1 amide bonds. The Balaban J connectivity index is 1.34. The van der Waals surface area contributed by atoms with Crippen LogP contribution in [0.2, 0.25) is 5.02 Å². The maximum absolute atomic E-state index is 12.4. The standard InChI is InChI=1S/C18H14ClN3O3S2/c19-12-6-2-1-5-11(12)10-26-18-22-21-17(27-18)20-16(23)15-9-24-13-7-3-4-8-14(13)25-15/h1-8,15H,9-10H2,(H,20,21,23)/t15-/m0/s1. The molecule has 3 aromatic rings. The predicted octanol–water partition coefficient (Wildman–Crippen LogP) is 4.26. The van der Waals surface area contributed by atoms with E-state index in [-0.39, 0.29) is 12.5 Å². The van der Waals surface area contributed by atoms with Gasteiger partial charge in [0.25, 0.3) is 5.91 Å². The van der Waals surface area contributed by atoms with Gasteiger partial charge in [-0.2, -0.15) is 0 Å². The Labute approximate surface area is 168 Å². The van der Waals surface area contributed by atoms with E-state index in [1.807, 2.05) is 36.4 Å². The van der Waals surface area contributed by atoms with Crippen molar-refractivity contribution in [3.05, 3.63) is 59.1 Å². The van der Waals surface area contributed by atoms with Gasteiger partial charge < -0.3 is 9.47 Å². The molecule has 2 heterocycles. The van der Waals surface area contributed by atoms with Gasteiger partial charge in [0.15, 0.2) is 15.8 Å². The first-order valence-corrected chi connectivity index (χ1v) is 10.3. The first-order chi connectivity index (χ1) is 13.2. The number of halogens is 1. The van der Waals surface area contributed by atoms with Crippen LogP contribution in [-0.2, 0) is 10.5 Å². The fourth-order valence-corrected chi connectivity index (χ4v) is 4.45. The topological polar surface area (TPSA) is 73.3 Å². The maximum atomic E-state index is 12.4. The second kappa shape index (κ2) is 8.16. The second-order valence-corrected chi connectivity index (χ2v) is 8.21. The van der Waals surface area contributed by atoms with E-state index >= 15 is 0 Å². The average molecular weight is 420 g/mol. The molecule has 1 aliphatic rings. The molecule has 0 bridgehead atoms. The van der Waals surface area contributed by atoms with Crippen LogP contribution in [0.15, 0.2) is 52.9 Å². The van der Waals surface area contributed by atoms with Crippen molar-refractivity contribution >= 4 is 45.7 Å². The SMILES string of the molecule is O=C(Nc1nnc(SCc2ccccc2Cl)s1)[C@@H]1COc2ccccc2O1. The minimum atomic E-state index is -0.733. The first-order valence-electron chi connectivity index (χ1n) is 8.08.